The highest BCUT2D eigenvalue weighted by Crippen LogP contribution is 2.32. The largest absolute Gasteiger partial charge is 0.454 e. The lowest BCUT2D eigenvalue weighted by atomic mass is 10.3. The van der Waals surface area contributed by atoms with Crippen molar-refractivity contribution in [2.24, 2.45) is 0 Å². The number of aromatic nitrogens is 1. The minimum atomic E-state index is 0.350. The van der Waals surface area contributed by atoms with Crippen LogP contribution >= 0.6 is 34.8 Å². The molecule has 0 spiro atoms. The van der Waals surface area contributed by atoms with E-state index in [1.165, 1.54) is 0 Å². The van der Waals surface area contributed by atoms with E-state index >= 15 is 0 Å². The lowest BCUT2D eigenvalue weighted by molar-refractivity contribution is 0.476. The summed E-state index contributed by atoms with van der Waals surface area (Å²) in [5, 5.41) is 1.01. The van der Waals surface area contributed by atoms with Gasteiger partial charge >= 0.3 is 0 Å². The van der Waals surface area contributed by atoms with Crippen molar-refractivity contribution in [2.45, 2.75) is 5.88 Å². The molecule has 88 valence electrons. The van der Waals surface area contributed by atoms with Gasteiger partial charge in [-0.2, -0.15) is 0 Å². The third-order valence-electron chi connectivity index (χ3n) is 2.13. The van der Waals surface area contributed by atoms with Gasteiger partial charge in [0.05, 0.1) is 17.1 Å². The summed E-state index contributed by atoms with van der Waals surface area (Å²) >= 11 is 17.6. The molecule has 17 heavy (non-hydrogen) atoms. The summed E-state index contributed by atoms with van der Waals surface area (Å²) in [5.74, 6) is 1.46. The molecular weight excluding hydrogens is 280 g/mol. The first-order chi connectivity index (χ1) is 8.20. The molecule has 5 heteroatoms. The van der Waals surface area contributed by atoms with Gasteiger partial charge in [-0.3, -0.25) is 4.98 Å². The maximum Gasteiger partial charge on any atom is 0.150 e. The van der Waals surface area contributed by atoms with Crippen molar-refractivity contribution in [3.63, 3.8) is 0 Å². The second kappa shape index (κ2) is 5.58. The molecule has 2 aromatic rings. The molecule has 1 heterocycles. The van der Waals surface area contributed by atoms with Crippen LogP contribution in [0.5, 0.6) is 11.5 Å². The normalized spacial score (nSPS) is 10.3. The van der Waals surface area contributed by atoms with Gasteiger partial charge in [0.25, 0.3) is 0 Å². The van der Waals surface area contributed by atoms with Gasteiger partial charge in [0.1, 0.15) is 11.5 Å². The second-order valence-electron chi connectivity index (χ2n) is 3.29. The average molecular weight is 289 g/mol. The van der Waals surface area contributed by atoms with Gasteiger partial charge in [0.2, 0.25) is 0 Å². The first kappa shape index (κ1) is 12.5. The molecule has 0 fully saturated rings. The van der Waals surface area contributed by atoms with Gasteiger partial charge in [-0.15, -0.1) is 11.6 Å². The number of alkyl halides is 1. The molecule has 2 rings (SSSR count). The molecule has 2 nitrogen and oxygen atoms in total. The Morgan fingerprint density at radius 3 is 2.65 bits per heavy atom. The highest BCUT2D eigenvalue weighted by atomic mass is 35.5. The van der Waals surface area contributed by atoms with E-state index in [1.54, 1.807) is 36.7 Å². The molecule has 0 saturated carbocycles. The van der Waals surface area contributed by atoms with Crippen molar-refractivity contribution in [3.8, 4) is 11.5 Å². The Morgan fingerprint density at radius 1 is 1.12 bits per heavy atom. The molecule has 0 amide bonds. The van der Waals surface area contributed by atoms with Crippen LogP contribution in [-0.2, 0) is 5.88 Å². The van der Waals surface area contributed by atoms with Crippen LogP contribution in [0, 0.1) is 0 Å². The molecule has 0 radical (unpaired) electrons. The van der Waals surface area contributed by atoms with Crippen LogP contribution < -0.4 is 4.74 Å². The number of hydrogen-bond acceptors (Lipinski definition) is 2. The average Bonchev–Trinajstić information content (AvgIpc) is 2.33. The Labute approximate surface area is 114 Å². The van der Waals surface area contributed by atoms with Gasteiger partial charge in [-0.25, -0.2) is 0 Å². The van der Waals surface area contributed by atoms with Crippen LogP contribution in [0.1, 0.15) is 5.56 Å². The summed E-state index contributed by atoms with van der Waals surface area (Å²) in [6.45, 7) is 0. The molecule has 0 saturated heterocycles. The predicted octanol–water partition coefficient (Wildman–Crippen LogP) is 4.92. The number of benzene rings is 1. The highest BCUT2D eigenvalue weighted by Gasteiger charge is 2.07. The van der Waals surface area contributed by atoms with Crippen LogP contribution in [0.4, 0.5) is 0 Å². The van der Waals surface area contributed by atoms with Crippen molar-refractivity contribution in [1.82, 2.24) is 4.98 Å². The van der Waals surface area contributed by atoms with E-state index in [9.17, 15) is 0 Å². The van der Waals surface area contributed by atoms with Crippen LogP contribution in [0.25, 0.3) is 0 Å². The molecular formula is C12H8Cl3NO. The monoisotopic (exact) mass is 287 g/mol. The van der Waals surface area contributed by atoms with E-state index in [0.717, 1.165) is 5.56 Å². The van der Waals surface area contributed by atoms with Crippen molar-refractivity contribution in [3.05, 3.63) is 52.3 Å². The number of nitrogens with zero attached hydrogens (tertiary/aromatic N) is 1. The maximum absolute atomic E-state index is 6.01. The third-order valence-corrected chi connectivity index (χ3v) is 2.95. The Bertz CT molecular complexity index is 531. The summed E-state index contributed by atoms with van der Waals surface area (Å²) in [4.78, 5) is 3.98. The van der Waals surface area contributed by atoms with Gasteiger partial charge in [0, 0.05) is 16.8 Å². The van der Waals surface area contributed by atoms with E-state index in [1.807, 2.05) is 0 Å². The molecule has 0 aliphatic heterocycles. The van der Waals surface area contributed by atoms with Crippen molar-refractivity contribution in [2.75, 3.05) is 0 Å². The van der Waals surface area contributed by atoms with Gasteiger partial charge < -0.3 is 4.74 Å². The Morgan fingerprint density at radius 2 is 1.94 bits per heavy atom. The molecule has 0 atom stereocenters. The Balaban J connectivity index is 2.31. The third kappa shape index (κ3) is 3.03. The Hall–Kier alpha value is -0.960. The van der Waals surface area contributed by atoms with E-state index in [0.29, 0.717) is 27.4 Å². The molecule has 0 N–H and O–H groups in total. The zero-order chi connectivity index (χ0) is 12.3. The number of hydrogen-bond donors (Lipinski definition) is 0. The van der Waals surface area contributed by atoms with Crippen molar-refractivity contribution < 1.29 is 4.74 Å². The number of ether oxygens (including phenoxy) is 1. The van der Waals surface area contributed by atoms with E-state index in [2.05, 4.69) is 4.98 Å². The summed E-state index contributed by atoms with van der Waals surface area (Å²) in [5.41, 5.74) is 0.854. The molecule has 0 bridgehead atoms. The SMILES string of the molecule is ClCc1ccncc1Oc1ccc(Cl)cc1Cl. The lowest BCUT2D eigenvalue weighted by Crippen LogP contribution is -1.91. The topological polar surface area (TPSA) is 22.1 Å². The first-order valence-electron chi connectivity index (χ1n) is 4.82. The van der Waals surface area contributed by atoms with Crippen LogP contribution in [-0.4, -0.2) is 4.98 Å². The standard InChI is InChI=1S/C12H8Cl3NO/c13-6-8-3-4-16-7-12(8)17-11-2-1-9(14)5-10(11)15/h1-5,7H,6H2. The number of halogens is 3. The van der Waals surface area contributed by atoms with Crippen LogP contribution in [0.15, 0.2) is 36.7 Å². The fourth-order valence-corrected chi connectivity index (χ4v) is 1.96. The van der Waals surface area contributed by atoms with Crippen LogP contribution in [0.3, 0.4) is 0 Å². The quantitative estimate of drug-likeness (QED) is 0.748. The predicted molar refractivity (Wildman–Crippen MR) is 70.3 cm³/mol. The molecule has 1 aromatic heterocycles. The molecule has 0 aliphatic rings. The minimum Gasteiger partial charge on any atom is -0.454 e. The summed E-state index contributed by atoms with van der Waals surface area (Å²) in [6.07, 6.45) is 3.26. The second-order valence-corrected chi connectivity index (χ2v) is 4.40. The maximum atomic E-state index is 6.01. The smallest absolute Gasteiger partial charge is 0.150 e. The van der Waals surface area contributed by atoms with Crippen molar-refractivity contribution in [1.29, 1.82) is 0 Å². The number of pyridine rings is 1. The van der Waals surface area contributed by atoms with E-state index in [4.69, 9.17) is 39.5 Å². The molecule has 0 aliphatic carbocycles. The number of rotatable bonds is 3. The van der Waals surface area contributed by atoms with E-state index < -0.39 is 0 Å². The minimum absolute atomic E-state index is 0.350. The summed E-state index contributed by atoms with van der Waals surface area (Å²) in [6, 6.07) is 6.83. The Kier molecular flexibility index (Phi) is 4.11. The summed E-state index contributed by atoms with van der Waals surface area (Å²) in [7, 11) is 0. The fraction of sp³-hybridized carbons (Fsp3) is 0.0833. The molecule has 1 aromatic carbocycles. The lowest BCUT2D eigenvalue weighted by Gasteiger charge is -2.10. The van der Waals surface area contributed by atoms with Gasteiger partial charge in [-0.1, -0.05) is 23.2 Å². The zero-order valence-electron chi connectivity index (χ0n) is 8.66. The van der Waals surface area contributed by atoms with Crippen molar-refractivity contribution >= 4 is 34.8 Å². The summed E-state index contributed by atoms with van der Waals surface area (Å²) < 4.78 is 5.65. The zero-order valence-corrected chi connectivity index (χ0v) is 10.9. The fourth-order valence-electron chi connectivity index (χ4n) is 1.29. The highest BCUT2D eigenvalue weighted by molar-refractivity contribution is 6.35. The van der Waals surface area contributed by atoms with Gasteiger partial charge in [0.15, 0.2) is 0 Å². The van der Waals surface area contributed by atoms with Crippen LogP contribution in [0.2, 0.25) is 10.0 Å². The first-order valence-corrected chi connectivity index (χ1v) is 6.11. The van der Waals surface area contributed by atoms with E-state index in [-0.39, 0.29) is 0 Å². The van der Waals surface area contributed by atoms with Gasteiger partial charge in [-0.05, 0) is 24.3 Å². The molecule has 0 unspecified atom stereocenters.